The van der Waals surface area contributed by atoms with Crippen molar-refractivity contribution in [3.05, 3.63) is 37.0 Å². The second-order valence-electron chi connectivity index (χ2n) is 4.88. The van der Waals surface area contributed by atoms with Crippen LogP contribution in [-0.4, -0.2) is 18.4 Å². The van der Waals surface area contributed by atoms with Gasteiger partial charge in [0.15, 0.2) is 0 Å². The topological polar surface area (TPSA) is 43.4 Å². The first-order valence-electron chi connectivity index (χ1n) is 7.09. The van der Waals surface area contributed by atoms with Crippen LogP contribution in [0.2, 0.25) is 0 Å². The number of allylic oxidation sites excluding steroid dienone is 3. The van der Waals surface area contributed by atoms with E-state index in [0.717, 1.165) is 19.3 Å². The molecule has 112 valence electrons. The molecular formula is C17H26O3. The lowest BCUT2D eigenvalue weighted by molar-refractivity contribution is -0.150. The van der Waals surface area contributed by atoms with Gasteiger partial charge in [-0.25, -0.2) is 0 Å². The number of ketones is 1. The molecule has 0 aliphatic carbocycles. The Balaban J connectivity index is 4.04. The van der Waals surface area contributed by atoms with Gasteiger partial charge in [0, 0.05) is 6.42 Å². The summed E-state index contributed by atoms with van der Waals surface area (Å²) in [5, 5.41) is 0. The van der Waals surface area contributed by atoms with Crippen molar-refractivity contribution >= 4 is 11.8 Å². The quantitative estimate of drug-likeness (QED) is 0.248. The van der Waals surface area contributed by atoms with Crippen molar-refractivity contribution in [1.82, 2.24) is 0 Å². The number of hydrogen-bond acceptors (Lipinski definition) is 3. The van der Waals surface area contributed by atoms with Crippen LogP contribution in [0.4, 0.5) is 0 Å². The SMILES string of the molecule is C=CCCC/C=C(\C)CCC(=O)C(C)C(=O)OCC=C. The second kappa shape index (κ2) is 11.2. The number of ether oxygens (including phenoxy) is 1. The van der Waals surface area contributed by atoms with Crippen LogP contribution in [0.15, 0.2) is 37.0 Å². The molecule has 0 aromatic heterocycles. The molecule has 3 heteroatoms. The number of Topliss-reactive ketones (excluding diaryl/α,β-unsaturated/α-hetero) is 1. The van der Waals surface area contributed by atoms with E-state index < -0.39 is 11.9 Å². The van der Waals surface area contributed by atoms with Gasteiger partial charge in [-0.15, -0.1) is 6.58 Å². The zero-order valence-corrected chi connectivity index (χ0v) is 12.7. The average Bonchev–Trinajstić information content (AvgIpc) is 2.45. The Bertz CT molecular complexity index is 366. The maximum absolute atomic E-state index is 11.9. The summed E-state index contributed by atoms with van der Waals surface area (Å²) < 4.78 is 4.87. The van der Waals surface area contributed by atoms with E-state index in [1.807, 2.05) is 13.0 Å². The van der Waals surface area contributed by atoms with Gasteiger partial charge >= 0.3 is 5.97 Å². The van der Waals surface area contributed by atoms with E-state index in [-0.39, 0.29) is 12.4 Å². The Morgan fingerprint density at radius 1 is 1.15 bits per heavy atom. The van der Waals surface area contributed by atoms with Crippen molar-refractivity contribution in [2.75, 3.05) is 6.61 Å². The van der Waals surface area contributed by atoms with Gasteiger partial charge < -0.3 is 4.74 Å². The molecule has 0 aliphatic rings. The second-order valence-corrected chi connectivity index (χ2v) is 4.88. The van der Waals surface area contributed by atoms with Gasteiger partial charge in [-0.1, -0.05) is 30.4 Å². The van der Waals surface area contributed by atoms with E-state index in [0.29, 0.717) is 12.8 Å². The minimum absolute atomic E-state index is 0.0714. The number of unbranched alkanes of at least 4 members (excludes halogenated alkanes) is 2. The van der Waals surface area contributed by atoms with Crippen molar-refractivity contribution in [2.24, 2.45) is 5.92 Å². The van der Waals surface area contributed by atoms with Gasteiger partial charge in [0.25, 0.3) is 0 Å². The molecule has 3 nitrogen and oxygen atoms in total. The standard InChI is InChI=1S/C17H26O3/c1-5-7-8-9-10-14(3)11-12-16(18)15(4)17(19)20-13-6-2/h5-6,10,15H,1-2,7-9,11-13H2,3-4H3/b14-10+. The predicted octanol–water partition coefficient (Wildman–Crippen LogP) is 4.00. The van der Waals surface area contributed by atoms with E-state index in [1.54, 1.807) is 6.92 Å². The van der Waals surface area contributed by atoms with Crippen molar-refractivity contribution < 1.29 is 14.3 Å². The summed E-state index contributed by atoms with van der Waals surface area (Å²) in [5.74, 6) is -1.23. The Kier molecular flexibility index (Phi) is 10.3. The highest BCUT2D eigenvalue weighted by atomic mass is 16.5. The Labute approximate surface area is 122 Å². The van der Waals surface area contributed by atoms with Crippen LogP contribution in [0.25, 0.3) is 0 Å². The highest BCUT2D eigenvalue weighted by Crippen LogP contribution is 2.12. The molecule has 0 heterocycles. The molecule has 0 spiro atoms. The molecule has 20 heavy (non-hydrogen) atoms. The van der Waals surface area contributed by atoms with Crippen LogP contribution in [0.3, 0.4) is 0 Å². The molecule has 0 saturated carbocycles. The number of esters is 1. The molecule has 0 rings (SSSR count). The smallest absolute Gasteiger partial charge is 0.316 e. The average molecular weight is 278 g/mol. The normalized spacial score (nSPS) is 12.6. The highest BCUT2D eigenvalue weighted by Gasteiger charge is 2.21. The number of carbonyl (C=O) groups excluding carboxylic acids is 2. The molecule has 0 N–H and O–H groups in total. The summed E-state index contributed by atoms with van der Waals surface area (Å²) in [5.41, 5.74) is 1.19. The van der Waals surface area contributed by atoms with Crippen LogP contribution < -0.4 is 0 Å². The van der Waals surface area contributed by atoms with E-state index in [4.69, 9.17) is 4.74 Å². The third-order valence-electron chi connectivity index (χ3n) is 3.05. The fourth-order valence-electron chi connectivity index (χ4n) is 1.65. The zero-order chi connectivity index (χ0) is 15.4. The first kappa shape index (κ1) is 18.4. The van der Waals surface area contributed by atoms with E-state index >= 15 is 0 Å². The fraction of sp³-hybridized carbons (Fsp3) is 0.529. The first-order valence-corrected chi connectivity index (χ1v) is 7.09. The maximum atomic E-state index is 11.9. The number of rotatable bonds is 11. The monoisotopic (exact) mass is 278 g/mol. The van der Waals surface area contributed by atoms with Crippen molar-refractivity contribution in [2.45, 2.75) is 46.0 Å². The molecule has 0 amide bonds. The lowest BCUT2D eigenvalue weighted by Gasteiger charge is -2.09. The zero-order valence-electron chi connectivity index (χ0n) is 12.7. The Morgan fingerprint density at radius 2 is 1.85 bits per heavy atom. The van der Waals surface area contributed by atoms with Gasteiger partial charge in [0.1, 0.15) is 18.3 Å². The molecule has 1 unspecified atom stereocenters. The van der Waals surface area contributed by atoms with Crippen LogP contribution in [0.5, 0.6) is 0 Å². The van der Waals surface area contributed by atoms with Gasteiger partial charge in [0.05, 0.1) is 0 Å². The molecule has 0 radical (unpaired) electrons. The molecule has 0 aromatic rings. The largest absolute Gasteiger partial charge is 0.461 e. The lowest BCUT2D eigenvalue weighted by atomic mass is 9.99. The summed E-state index contributed by atoms with van der Waals surface area (Å²) in [7, 11) is 0. The van der Waals surface area contributed by atoms with Crippen LogP contribution in [0, 0.1) is 5.92 Å². The molecule has 0 saturated heterocycles. The van der Waals surface area contributed by atoms with Gasteiger partial charge in [-0.3, -0.25) is 9.59 Å². The van der Waals surface area contributed by atoms with E-state index in [2.05, 4.69) is 19.2 Å². The van der Waals surface area contributed by atoms with Crippen molar-refractivity contribution in [3.63, 3.8) is 0 Å². The maximum Gasteiger partial charge on any atom is 0.316 e. The molecular weight excluding hydrogens is 252 g/mol. The van der Waals surface area contributed by atoms with Gasteiger partial charge in [-0.05, 0) is 39.5 Å². The van der Waals surface area contributed by atoms with Gasteiger partial charge in [0.2, 0.25) is 0 Å². The van der Waals surface area contributed by atoms with Crippen molar-refractivity contribution in [3.8, 4) is 0 Å². The van der Waals surface area contributed by atoms with Crippen LogP contribution in [-0.2, 0) is 14.3 Å². The molecule has 0 aromatic carbocycles. The minimum atomic E-state index is -0.691. The van der Waals surface area contributed by atoms with Gasteiger partial charge in [-0.2, -0.15) is 0 Å². The highest BCUT2D eigenvalue weighted by molar-refractivity contribution is 5.98. The van der Waals surface area contributed by atoms with E-state index in [9.17, 15) is 9.59 Å². The summed E-state index contributed by atoms with van der Waals surface area (Å²) in [6.45, 7) is 10.9. The summed E-state index contributed by atoms with van der Waals surface area (Å²) in [4.78, 5) is 23.4. The Hall–Kier alpha value is -1.64. The summed E-state index contributed by atoms with van der Waals surface area (Å²) in [6.07, 6.45) is 9.73. The third-order valence-corrected chi connectivity index (χ3v) is 3.05. The summed E-state index contributed by atoms with van der Waals surface area (Å²) >= 11 is 0. The molecule has 0 fully saturated rings. The minimum Gasteiger partial charge on any atom is -0.461 e. The third kappa shape index (κ3) is 8.46. The number of hydrogen-bond donors (Lipinski definition) is 0. The van der Waals surface area contributed by atoms with Crippen LogP contribution >= 0.6 is 0 Å². The predicted molar refractivity (Wildman–Crippen MR) is 82.4 cm³/mol. The lowest BCUT2D eigenvalue weighted by Crippen LogP contribution is -2.23. The van der Waals surface area contributed by atoms with Crippen molar-refractivity contribution in [1.29, 1.82) is 0 Å². The first-order chi connectivity index (χ1) is 9.52. The fourth-order valence-corrected chi connectivity index (χ4v) is 1.65. The number of carbonyl (C=O) groups is 2. The van der Waals surface area contributed by atoms with Crippen LogP contribution in [0.1, 0.15) is 46.0 Å². The molecule has 1 atom stereocenters. The Morgan fingerprint density at radius 3 is 2.45 bits per heavy atom. The van der Waals surface area contributed by atoms with E-state index in [1.165, 1.54) is 11.6 Å². The molecule has 0 bridgehead atoms. The molecule has 0 aliphatic heterocycles. The summed E-state index contributed by atoms with van der Waals surface area (Å²) in [6, 6.07) is 0.